The third kappa shape index (κ3) is 4.32. The van der Waals surface area contributed by atoms with E-state index < -0.39 is 12.2 Å². The zero-order valence-electron chi connectivity index (χ0n) is 13.8. The first kappa shape index (κ1) is 17.2. The van der Waals surface area contributed by atoms with Crippen LogP contribution in [0.4, 0.5) is 0 Å². The molecular formula is C18H30O2. The van der Waals surface area contributed by atoms with Crippen LogP contribution in [0.15, 0.2) is 18.2 Å². The van der Waals surface area contributed by atoms with Gasteiger partial charge in [0.05, 0.1) is 12.2 Å². The van der Waals surface area contributed by atoms with Gasteiger partial charge in [-0.2, -0.15) is 0 Å². The smallest absolute Gasteiger partial charge is 0.0802 e. The number of aliphatic hydroxyl groups excluding tert-OH is 2. The Morgan fingerprint density at radius 3 is 2.20 bits per heavy atom. The molecule has 0 fully saturated rings. The zero-order valence-corrected chi connectivity index (χ0v) is 13.8. The summed E-state index contributed by atoms with van der Waals surface area (Å²) < 4.78 is 0. The van der Waals surface area contributed by atoms with Crippen LogP contribution < -0.4 is 0 Å². The summed E-state index contributed by atoms with van der Waals surface area (Å²) in [5.41, 5.74) is 4.07. The number of aryl methyl sites for hydroxylation is 1. The number of aliphatic hydroxyl groups is 2. The van der Waals surface area contributed by atoms with Crippen molar-refractivity contribution in [2.24, 2.45) is 0 Å². The van der Waals surface area contributed by atoms with E-state index in [0.29, 0.717) is 12.3 Å². The van der Waals surface area contributed by atoms with Crippen LogP contribution in [0.3, 0.4) is 0 Å². The maximum Gasteiger partial charge on any atom is 0.0802 e. The van der Waals surface area contributed by atoms with Gasteiger partial charge in [-0.25, -0.2) is 0 Å². The predicted molar refractivity (Wildman–Crippen MR) is 85.2 cm³/mol. The van der Waals surface area contributed by atoms with E-state index in [2.05, 4.69) is 52.8 Å². The van der Waals surface area contributed by atoms with E-state index in [-0.39, 0.29) is 5.41 Å². The molecule has 0 heterocycles. The molecular weight excluding hydrogens is 248 g/mol. The lowest BCUT2D eigenvalue weighted by atomic mass is 9.80. The topological polar surface area (TPSA) is 40.5 Å². The van der Waals surface area contributed by atoms with Crippen LogP contribution in [0.1, 0.15) is 70.1 Å². The highest BCUT2D eigenvalue weighted by Crippen LogP contribution is 2.32. The van der Waals surface area contributed by atoms with E-state index >= 15 is 0 Å². The third-order valence-electron chi connectivity index (χ3n) is 4.12. The third-order valence-corrected chi connectivity index (χ3v) is 4.12. The van der Waals surface area contributed by atoms with E-state index in [0.717, 1.165) is 6.42 Å². The van der Waals surface area contributed by atoms with Gasteiger partial charge >= 0.3 is 0 Å². The zero-order chi connectivity index (χ0) is 15.5. The normalized spacial score (nSPS) is 16.8. The van der Waals surface area contributed by atoms with Gasteiger partial charge in [0.15, 0.2) is 0 Å². The fourth-order valence-corrected chi connectivity index (χ4v) is 2.73. The molecule has 0 amide bonds. The van der Waals surface area contributed by atoms with E-state index in [1.807, 2.05) is 0 Å². The van der Waals surface area contributed by atoms with Crippen molar-refractivity contribution >= 4 is 0 Å². The molecule has 0 spiro atoms. The van der Waals surface area contributed by atoms with Gasteiger partial charge in [-0.3, -0.25) is 0 Å². The highest BCUT2D eigenvalue weighted by atomic mass is 16.3. The number of hydrogen-bond donors (Lipinski definition) is 2. The molecule has 2 heteroatoms. The Kier molecular flexibility index (Phi) is 5.79. The first-order chi connectivity index (χ1) is 9.16. The number of hydrogen-bond acceptors (Lipinski definition) is 2. The Labute approximate surface area is 123 Å². The minimum atomic E-state index is -0.670. The molecule has 3 unspecified atom stereocenters. The van der Waals surface area contributed by atoms with Crippen LogP contribution in [0.2, 0.25) is 0 Å². The van der Waals surface area contributed by atoms with Crippen molar-refractivity contribution in [1.82, 2.24) is 0 Å². The van der Waals surface area contributed by atoms with E-state index in [1.54, 1.807) is 6.92 Å². The molecule has 0 aliphatic rings. The van der Waals surface area contributed by atoms with E-state index in [4.69, 9.17) is 0 Å². The van der Waals surface area contributed by atoms with Gasteiger partial charge in [-0.05, 0) is 54.7 Å². The predicted octanol–water partition coefficient (Wildman–Crippen LogP) is 3.92. The molecule has 0 saturated heterocycles. The van der Waals surface area contributed by atoms with Crippen LogP contribution in [0.25, 0.3) is 0 Å². The average Bonchev–Trinajstić information content (AvgIpc) is 2.34. The summed E-state index contributed by atoms with van der Waals surface area (Å²) in [4.78, 5) is 0. The lowest BCUT2D eigenvalue weighted by molar-refractivity contribution is 0.0215. The maximum atomic E-state index is 9.92. The highest BCUT2D eigenvalue weighted by molar-refractivity contribution is 5.37. The van der Waals surface area contributed by atoms with Crippen LogP contribution >= 0.6 is 0 Å². The van der Waals surface area contributed by atoms with Crippen molar-refractivity contribution in [3.63, 3.8) is 0 Å². The highest BCUT2D eigenvalue weighted by Gasteiger charge is 2.21. The molecule has 0 aliphatic heterocycles. The van der Waals surface area contributed by atoms with Crippen molar-refractivity contribution in [1.29, 1.82) is 0 Å². The summed E-state index contributed by atoms with van der Waals surface area (Å²) in [5, 5.41) is 19.4. The molecule has 3 atom stereocenters. The second-order valence-electron chi connectivity index (χ2n) is 6.97. The fourth-order valence-electron chi connectivity index (χ4n) is 2.73. The van der Waals surface area contributed by atoms with Gasteiger partial charge in [0.1, 0.15) is 0 Å². The first-order valence-corrected chi connectivity index (χ1v) is 7.64. The lowest BCUT2D eigenvalue weighted by Gasteiger charge is -2.26. The molecule has 0 saturated carbocycles. The molecule has 0 radical (unpaired) electrons. The summed E-state index contributed by atoms with van der Waals surface area (Å²) in [6.45, 7) is 12.6. The molecule has 0 bridgehead atoms. The van der Waals surface area contributed by atoms with Gasteiger partial charge in [-0.15, -0.1) is 0 Å². The van der Waals surface area contributed by atoms with Crippen molar-refractivity contribution in [3.05, 3.63) is 34.9 Å². The summed E-state index contributed by atoms with van der Waals surface area (Å²) in [6, 6.07) is 6.61. The fraction of sp³-hybridized carbons (Fsp3) is 0.667. The Morgan fingerprint density at radius 2 is 1.75 bits per heavy atom. The second-order valence-corrected chi connectivity index (χ2v) is 6.97. The van der Waals surface area contributed by atoms with Gasteiger partial charge in [-0.1, -0.05) is 45.9 Å². The Balaban J connectivity index is 3.05. The lowest BCUT2D eigenvalue weighted by Crippen LogP contribution is -2.25. The Bertz CT molecular complexity index is 430. The number of rotatable bonds is 5. The van der Waals surface area contributed by atoms with E-state index in [1.165, 1.54) is 16.7 Å². The molecule has 2 N–H and O–H groups in total. The molecule has 0 aliphatic carbocycles. The molecule has 114 valence electrons. The molecule has 1 aromatic carbocycles. The minimum Gasteiger partial charge on any atom is -0.391 e. The van der Waals surface area contributed by atoms with Gasteiger partial charge < -0.3 is 10.2 Å². The quantitative estimate of drug-likeness (QED) is 0.857. The summed E-state index contributed by atoms with van der Waals surface area (Å²) in [5.74, 6) is 0.293. The van der Waals surface area contributed by atoms with Crippen LogP contribution in [0.5, 0.6) is 0 Å². The van der Waals surface area contributed by atoms with Crippen LogP contribution in [0, 0.1) is 6.92 Å². The molecule has 2 nitrogen and oxygen atoms in total. The molecule has 0 aromatic heterocycles. The summed E-state index contributed by atoms with van der Waals surface area (Å²) in [7, 11) is 0. The van der Waals surface area contributed by atoms with Crippen molar-refractivity contribution in [2.75, 3.05) is 0 Å². The molecule has 20 heavy (non-hydrogen) atoms. The number of benzene rings is 1. The van der Waals surface area contributed by atoms with Crippen molar-refractivity contribution < 1.29 is 10.2 Å². The van der Waals surface area contributed by atoms with Crippen molar-refractivity contribution in [2.45, 2.75) is 77.9 Å². The first-order valence-electron chi connectivity index (χ1n) is 7.64. The van der Waals surface area contributed by atoms with Crippen molar-refractivity contribution in [3.8, 4) is 0 Å². The van der Waals surface area contributed by atoms with Gasteiger partial charge in [0, 0.05) is 0 Å². The average molecular weight is 278 g/mol. The minimum absolute atomic E-state index is 0.126. The second kappa shape index (κ2) is 6.73. The standard InChI is InChI=1S/C18H30O2/c1-7-14(11-17(20)13(3)19)15-9-8-12(2)16(10-15)18(4,5)6/h8-10,13-14,17,19-20H,7,11H2,1-6H3. The molecule has 1 aromatic rings. The monoisotopic (exact) mass is 278 g/mol. The maximum absolute atomic E-state index is 9.92. The van der Waals surface area contributed by atoms with Crippen LogP contribution in [-0.4, -0.2) is 22.4 Å². The van der Waals surface area contributed by atoms with Gasteiger partial charge in [0.25, 0.3) is 0 Å². The Hall–Kier alpha value is -0.860. The Morgan fingerprint density at radius 1 is 1.15 bits per heavy atom. The summed E-state index contributed by atoms with van der Waals surface area (Å²) in [6.07, 6.45) is 0.257. The summed E-state index contributed by atoms with van der Waals surface area (Å²) >= 11 is 0. The van der Waals surface area contributed by atoms with Crippen LogP contribution in [-0.2, 0) is 5.41 Å². The van der Waals surface area contributed by atoms with E-state index in [9.17, 15) is 10.2 Å². The SMILES string of the molecule is CCC(CC(O)C(C)O)c1ccc(C)c(C(C)(C)C)c1. The largest absolute Gasteiger partial charge is 0.391 e. The molecule has 1 rings (SSSR count). The van der Waals surface area contributed by atoms with Gasteiger partial charge in [0.2, 0.25) is 0 Å².